The van der Waals surface area contributed by atoms with Crippen molar-refractivity contribution in [2.75, 3.05) is 5.33 Å². The minimum atomic E-state index is -0.180. The molecule has 0 saturated carbocycles. The lowest BCUT2D eigenvalue weighted by Crippen LogP contribution is -2.30. The molecule has 0 atom stereocenters. The van der Waals surface area contributed by atoms with Crippen molar-refractivity contribution >= 4 is 26.8 Å². The number of hydrogen-bond acceptors (Lipinski definition) is 1. The molecule has 0 aliphatic rings. The smallest absolute Gasteiger partial charge is 0.127 e. The number of benzene rings is 1. The van der Waals surface area contributed by atoms with Crippen molar-refractivity contribution in [1.29, 1.82) is 0 Å². The molecule has 2 rings (SSSR count). The molecule has 0 N–H and O–H groups in total. The molecule has 1 aromatic heterocycles. The van der Waals surface area contributed by atoms with Gasteiger partial charge >= 0.3 is 0 Å². The zero-order valence-corrected chi connectivity index (χ0v) is 12.1. The molecular weight excluding hydrogens is 278 g/mol. The van der Waals surface area contributed by atoms with E-state index in [-0.39, 0.29) is 5.60 Å². The summed E-state index contributed by atoms with van der Waals surface area (Å²) >= 11 is 3.47. The van der Waals surface area contributed by atoms with Gasteiger partial charge in [-0.15, -0.1) is 0 Å². The van der Waals surface area contributed by atoms with Crippen LogP contribution in [0.5, 0.6) is 0 Å². The SMILES string of the molecule is CC(C)(C)On1ccc2cc(CCBr)ccc21. The first-order valence-corrected chi connectivity index (χ1v) is 6.97. The van der Waals surface area contributed by atoms with E-state index in [1.807, 2.05) is 10.9 Å². The highest BCUT2D eigenvalue weighted by molar-refractivity contribution is 9.09. The van der Waals surface area contributed by atoms with Gasteiger partial charge in [-0.2, -0.15) is 4.73 Å². The van der Waals surface area contributed by atoms with Crippen LogP contribution >= 0.6 is 15.9 Å². The molecule has 0 spiro atoms. The van der Waals surface area contributed by atoms with Gasteiger partial charge < -0.3 is 4.84 Å². The van der Waals surface area contributed by atoms with Crippen molar-refractivity contribution < 1.29 is 4.84 Å². The summed E-state index contributed by atoms with van der Waals surface area (Å²) < 4.78 is 1.85. The van der Waals surface area contributed by atoms with Gasteiger partial charge in [-0.1, -0.05) is 22.0 Å². The summed E-state index contributed by atoms with van der Waals surface area (Å²) in [5.41, 5.74) is 2.29. The maximum Gasteiger partial charge on any atom is 0.127 e. The second-order valence-electron chi connectivity index (χ2n) is 5.18. The van der Waals surface area contributed by atoms with E-state index in [0.717, 1.165) is 17.3 Å². The van der Waals surface area contributed by atoms with Crippen LogP contribution in [-0.4, -0.2) is 15.7 Å². The molecule has 0 aliphatic heterocycles. The molecule has 0 radical (unpaired) electrons. The Morgan fingerprint density at radius 1 is 1.24 bits per heavy atom. The standard InChI is InChI=1S/C14H18BrNO/c1-14(2,3)17-16-9-7-12-10-11(6-8-15)4-5-13(12)16/h4-5,7,9-10H,6,8H2,1-3H3. The van der Waals surface area contributed by atoms with Gasteiger partial charge in [-0.25, -0.2) is 0 Å². The van der Waals surface area contributed by atoms with Crippen LogP contribution in [0.4, 0.5) is 0 Å². The van der Waals surface area contributed by atoms with Gasteiger partial charge in [0.05, 0.1) is 5.52 Å². The number of aryl methyl sites for hydroxylation is 1. The number of hydrogen-bond donors (Lipinski definition) is 0. The molecule has 0 aliphatic carbocycles. The molecular formula is C14H18BrNO. The van der Waals surface area contributed by atoms with Gasteiger partial charge in [0.25, 0.3) is 0 Å². The summed E-state index contributed by atoms with van der Waals surface area (Å²) in [6.07, 6.45) is 3.04. The quantitative estimate of drug-likeness (QED) is 0.786. The molecule has 0 amide bonds. The number of nitrogens with zero attached hydrogens (tertiary/aromatic N) is 1. The molecule has 0 bridgehead atoms. The first-order valence-electron chi connectivity index (χ1n) is 5.85. The van der Waals surface area contributed by atoms with Crippen molar-refractivity contribution in [1.82, 2.24) is 4.73 Å². The first kappa shape index (κ1) is 12.5. The second-order valence-corrected chi connectivity index (χ2v) is 5.97. The van der Waals surface area contributed by atoms with Gasteiger partial charge in [0.15, 0.2) is 0 Å². The molecule has 1 heterocycles. The van der Waals surface area contributed by atoms with E-state index >= 15 is 0 Å². The number of aromatic nitrogens is 1. The number of rotatable bonds is 3. The highest BCUT2D eigenvalue weighted by Crippen LogP contribution is 2.19. The molecule has 92 valence electrons. The van der Waals surface area contributed by atoms with Gasteiger partial charge in [-0.3, -0.25) is 0 Å². The number of alkyl halides is 1. The van der Waals surface area contributed by atoms with Crippen LogP contribution in [0.15, 0.2) is 30.5 Å². The lowest BCUT2D eigenvalue weighted by atomic mass is 10.1. The Labute approximate surface area is 111 Å². The van der Waals surface area contributed by atoms with Crippen LogP contribution < -0.4 is 4.84 Å². The Hall–Kier alpha value is -0.960. The van der Waals surface area contributed by atoms with Crippen LogP contribution in [-0.2, 0) is 6.42 Å². The third-order valence-electron chi connectivity index (χ3n) is 2.47. The molecule has 17 heavy (non-hydrogen) atoms. The van der Waals surface area contributed by atoms with E-state index in [4.69, 9.17) is 4.84 Å². The van der Waals surface area contributed by atoms with E-state index < -0.39 is 0 Å². The maximum atomic E-state index is 5.86. The Balaban J connectivity index is 2.35. The Morgan fingerprint density at radius 3 is 2.65 bits per heavy atom. The Kier molecular flexibility index (Phi) is 3.48. The first-order chi connectivity index (χ1) is 7.99. The lowest BCUT2D eigenvalue weighted by molar-refractivity contribution is -0.00814. The summed E-state index contributed by atoms with van der Waals surface area (Å²) in [7, 11) is 0. The van der Waals surface area contributed by atoms with Crippen molar-refractivity contribution in [2.45, 2.75) is 32.8 Å². The largest absolute Gasteiger partial charge is 0.408 e. The van der Waals surface area contributed by atoms with Crippen LogP contribution in [0.3, 0.4) is 0 Å². The fraction of sp³-hybridized carbons (Fsp3) is 0.429. The van der Waals surface area contributed by atoms with Crippen molar-refractivity contribution in [2.24, 2.45) is 0 Å². The molecule has 0 fully saturated rings. The summed E-state index contributed by atoms with van der Waals surface area (Å²) in [5.74, 6) is 0. The predicted octanol–water partition coefficient (Wildman–Crippen LogP) is 3.81. The maximum absolute atomic E-state index is 5.86. The van der Waals surface area contributed by atoms with E-state index in [1.54, 1.807) is 0 Å². The minimum Gasteiger partial charge on any atom is -0.408 e. The van der Waals surface area contributed by atoms with Gasteiger partial charge in [0, 0.05) is 16.9 Å². The zero-order chi connectivity index (χ0) is 12.5. The van der Waals surface area contributed by atoms with Gasteiger partial charge in [0.2, 0.25) is 0 Å². The molecule has 1 aromatic carbocycles. The normalized spacial score (nSPS) is 12.0. The van der Waals surface area contributed by atoms with Crippen molar-refractivity contribution in [3.8, 4) is 0 Å². The van der Waals surface area contributed by atoms with Gasteiger partial charge in [0.1, 0.15) is 5.60 Å². The molecule has 0 saturated heterocycles. The highest BCUT2D eigenvalue weighted by Gasteiger charge is 2.13. The summed E-state index contributed by atoms with van der Waals surface area (Å²) in [6.45, 7) is 6.16. The average molecular weight is 296 g/mol. The third-order valence-corrected chi connectivity index (χ3v) is 2.87. The van der Waals surface area contributed by atoms with Gasteiger partial charge in [-0.05, 0) is 51.0 Å². The van der Waals surface area contributed by atoms with Crippen molar-refractivity contribution in [3.63, 3.8) is 0 Å². The third kappa shape index (κ3) is 3.03. The fourth-order valence-electron chi connectivity index (χ4n) is 1.81. The lowest BCUT2D eigenvalue weighted by Gasteiger charge is -2.21. The molecule has 0 unspecified atom stereocenters. The van der Waals surface area contributed by atoms with E-state index in [1.165, 1.54) is 10.9 Å². The summed E-state index contributed by atoms with van der Waals surface area (Å²) in [5, 5.41) is 2.23. The Bertz CT molecular complexity index is 510. The second kappa shape index (κ2) is 4.73. The van der Waals surface area contributed by atoms with Crippen LogP contribution in [0.2, 0.25) is 0 Å². The van der Waals surface area contributed by atoms with E-state index in [0.29, 0.717) is 0 Å². The van der Waals surface area contributed by atoms with E-state index in [2.05, 4.69) is 61.0 Å². The van der Waals surface area contributed by atoms with Crippen LogP contribution in [0, 0.1) is 0 Å². The van der Waals surface area contributed by atoms with Crippen molar-refractivity contribution in [3.05, 3.63) is 36.0 Å². The molecule has 3 heteroatoms. The fourth-order valence-corrected chi connectivity index (χ4v) is 2.26. The summed E-state index contributed by atoms with van der Waals surface area (Å²) in [6, 6.07) is 8.60. The predicted molar refractivity (Wildman–Crippen MR) is 75.8 cm³/mol. The number of halogens is 1. The van der Waals surface area contributed by atoms with E-state index in [9.17, 15) is 0 Å². The van der Waals surface area contributed by atoms with Crippen LogP contribution in [0.25, 0.3) is 10.9 Å². The molecule has 2 aromatic rings. The minimum absolute atomic E-state index is 0.180. The summed E-state index contributed by atoms with van der Waals surface area (Å²) in [4.78, 5) is 5.86. The Morgan fingerprint density at radius 2 is 2.00 bits per heavy atom. The van der Waals surface area contributed by atoms with Crippen LogP contribution in [0.1, 0.15) is 26.3 Å². The zero-order valence-electron chi connectivity index (χ0n) is 10.5. The average Bonchev–Trinajstić information content (AvgIpc) is 2.59. The monoisotopic (exact) mass is 295 g/mol. The molecule has 2 nitrogen and oxygen atoms in total. The highest BCUT2D eigenvalue weighted by atomic mass is 79.9. The number of fused-ring (bicyclic) bond motifs is 1. The topological polar surface area (TPSA) is 14.2 Å².